The summed E-state index contributed by atoms with van der Waals surface area (Å²) in [5, 5.41) is 0.609. The summed E-state index contributed by atoms with van der Waals surface area (Å²) in [7, 11) is 0. The molecule has 4 nitrogen and oxygen atoms in total. The van der Waals surface area contributed by atoms with Crippen LogP contribution in [0.25, 0.3) is 11.0 Å². The summed E-state index contributed by atoms with van der Waals surface area (Å²) in [4.78, 5) is 4.53. The molecule has 1 aliphatic rings. The number of hydrogen-bond acceptors (Lipinski definition) is 5. The Bertz CT molecular complexity index is 621. The summed E-state index contributed by atoms with van der Waals surface area (Å²) in [6, 6.07) is 6.05. The SMILES string of the molecule is CC(C)Oc1cccc2c1nc(N)n2CC1CSCCS1. The van der Waals surface area contributed by atoms with Crippen molar-refractivity contribution in [3.05, 3.63) is 18.2 Å². The highest BCUT2D eigenvalue weighted by molar-refractivity contribution is 8.06. The smallest absolute Gasteiger partial charge is 0.201 e. The maximum atomic E-state index is 6.15. The predicted octanol–water partition coefficient (Wildman–Crippen LogP) is 3.25. The number of thioether (sulfide) groups is 2. The van der Waals surface area contributed by atoms with Crippen LogP contribution in [-0.2, 0) is 6.54 Å². The Hall–Kier alpha value is -1.01. The zero-order chi connectivity index (χ0) is 14.8. The first-order valence-corrected chi connectivity index (χ1v) is 9.46. The van der Waals surface area contributed by atoms with E-state index >= 15 is 0 Å². The summed E-state index contributed by atoms with van der Waals surface area (Å²) in [6.07, 6.45) is 0.132. The van der Waals surface area contributed by atoms with Crippen molar-refractivity contribution in [2.45, 2.75) is 31.7 Å². The van der Waals surface area contributed by atoms with Gasteiger partial charge in [-0.2, -0.15) is 23.5 Å². The second kappa shape index (κ2) is 6.40. The van der Waals surface area contributed by atoms with Crippen LogP contribution in [0.15, 0.2) is 18.2 Å². The fraction of sp³-hybridized carbons (Fsp3) is 0.533. The van der Waals surface area contributed by atoms with Crippen molar-refractivity contribution in [1.82, 2.24) is 9.55 Å². The van der Waals surface area contributed by atoms with E-state index in [1.165, 1.54) is 17.3 Å². The molecule has 0 amide bonds. The molecule has 0 radical (unpaired) electrons. The van der Waals surface area contributed by atoms with Crippen LogP contribution in [0.2, 0.25) is 0 Å². The highest BCUT2D eigenvalue weighted by Crippen LogP contribution is 2.31. The van der Waals surface area contributed by atoms with Gasteiger partial charge in [0.15, 0.2) is 0 Å². The number of rotatable bonds is 4. The van der Waals surface area contributed by atoms with E-state index in [0.717, 1.165) is 23.3 Å². The Morgan fingerprint density at radius 3 is 3.00 bits per heavy atom. The summed E-state index contributed by atoms with van der Waals surface area (Å²) >= 11 is 4.06. The largest absolute Gasteiger partial charge is 0.489 e. The van der Waals surface area contributed by atoms with Crippen molar-refractivity contribution < 1.29 is 4.74 Å². The van der Waals surface area contributed by atoms with Crippen molar-refractivity contribution in [3.8, 4) is 5.75 Å². The van der Waals surface area contributed by atoms with Crippen LogP contribution in [0.4, 0.5) is 5.95 Å². The molecule has 1 saturated heterocycles. The van der Waals surface area contributed by atoms with Gasteiger partial charge in [-0.25, -0.2) is 4.98 Å². The minimum absolute atomic E-state index is 0.132. The third-order valence-electron chi connectivity index (χ3n) is 3.41. The van der Waals surface area contributed by atoms with E-state index in [4.69, 9.17) is 10.5 Å². The monoisotopic (exact) mass is 323 g/mol. The van der Waals surface area contributed by atoms with Gasteiger partial charge in [-0.05, 0) is 26.0 Å². The summed E-state index contributed by atoms with van der Waals surface area (Å²) in [5.74, 6) is 5.07. The molecule has 114 valence electrons. The molecule has 1 aliphatic heterocycles. The van der Waals surface area contributed by atoms with E-state index in [0.29, 0.717) is 11.2 Å². The molecule has 1 unspecified atom stereocenters. The normalized spacial score (nSPS) is 19.3. The Balaban J connectivity index is 1.93. The lowest BCUT2D eigenvalue weighted by molar-refractivity contribution is 0.245. The van der Waals surface area contributed by atoms with E-state index in [-0.39, 0.29) is 6.10 Å². The standard InChI is InChI=1S/C15H21N3OS2/c1-10(2)19-13-5-3-4-12-14(13)17-15(16)18(12)8-11-9-20-6-7-21-11/h3-5,10-11H,6-9H2,1-2H3,(H2,16,17). The number of anilines is 1. The summed E-state index contributed by atoms with van der Waals surface area (Å²) in [6.45, 7) is 4.97. The molecule has 1 aromatic heterocycles. The summed E-state index contributed by atoms with van der Waals surface area (Å²) < 4.78 is 7.98. The number of fused-ring (bicyclic) bond motifs is 1. The van der Waals surface area contributed by atoms with Crippen LogP contribution < -0.4 is 10.5 Å². The van der Waals surface area contributed by atoms with Crippen LogP contribution in [0.5, 0.6) is 5.75 Å². The highest BCUT2D eigenvalue weighted by Gasteiger charge is 2.19. The first-order chi connectivity index (χ1) is 10.1. The minimum Gasteiger partial charge on any atom is -0.489 e. The van der Waals surface area contributed by atoms with E-state index in [2.05, 4.69) is 15.6 Å². The van der Waals surface area contributed by atoms with Crippen molar-refractivity contribution in [2.75, 3.05) is 23.0 Å². The van der Waals surface area contributed by atoms with Crippen molar-refractivity contribution in [1.29, 1.82) is 0 Å². The Morgan fingerprint density at radius 1 is 1.43 bits per heavy atom. The van der Waals surface area contributed by atoms with E-state index in [9.17, 15) is 0 Å². The first-order valence-electron chi connectivity index (χ1n) is 7.26. The number of para-hydroxylation sites is 1. The number of nitrogen functional groups attached to an aromatic ring is 1. The lowest BCUT2D eigenvalue weighted by atomic mass is 10.3. The lowest BCUT2D eigenvalue weighted by Crippen LogP contribution is -2.21. The molecule has 3 rings (SSSR count). The van der Waals surface area contributed by atoms with Crippen molar-refractivity contribution >= 4 is 40.5 Å². The van der Waals surface area contributed by atoms with Gasteiger partial charge in [-0.15, -0.1) is 0 Å². The fourth-order valence-electron chi connectivity index (χ4n) is 2.53. The van der Waals surface area contributed by atoms with Crippen LogP contribution in [-0.4, -0.2) is 38.2 Å². The Kier molecular flexibility index (Phi) is 4.54. The number of ether oxygens (including phenoxy) is 1. The number of hydrogen-bond donors (Lipinski definition) is 1. The number of imidazole rings is 1. The molecule has 2 N–H and O–H groups in total. The van der Waals surface area contributed by atoms with Gasteiger partial charge in [0.2, 0.25) is 5.95 Å². The quantitative estimate of drug-likeness (QED) is 0.936. The molecule has 21 heavy (non-hydrogen) atoms. The fourth-order valence-corrected chi connectivity index (χ4v) is 5.18. The molecular formula is C15H21N3OS2. The van der Waals surface area contributed by atoms with Gasteiger partial charge in [-0.1, -0.05) is 6.07 Å². The topological polar surface area (TPSA) is 53.1 Å². The number of benzene rings is 1. The molecule has 6 heteroatoms. The van der Waals surface area contributed by atoms with Crippen molar-refractivity contribution in [3.63, 3.8) is 0 Å². The third-order valence-corrected chi connectivity index (χ3v) is 6.23. The maximum Gasteiger partial charge on any atom is 0.201 e. The number of aromatic nitrogens is 2. The molecular weight excluding hydrogens is 302 g/mol. The zero-order valence-corrected chi connectivity index (χ0v) is 14.0. The van der Waals surface area contributed by atoms with Crippen molar-refractivity contribution in [2.24, 2.45) is 0 Å². The molecule has 1 aromatic carbocycles. The number of nitrogens with two attached hydrogens (primary N) is 1. The summed E-state index contributed by atoms with van der Waals surface area (Å²) in [5.41, 5.74) is 8.09. The van der Waals surface area contributed by atoms with Gasteiger partial charge >= 0.3 is 0 Å². The predicted molar refractivity (Wildman–Crippen MR) is 93.5 cm³/mol. The third kappa shape index (κ3) is 3.26. The average Bonchev–Trinajstić information content (AvgIpc) is 2.77. The molecule has 1 fully saturated rings. The molecule has 0 spiro atoms. The van der Waals surface area contributed by atoms with Crippen LogP contribution in [0.3, 0.4) is 0 Å². The molecule has 0 aliphatic carbocycles. The van der Waals surface area contributed by atoms with Gasteiger partial charge in [0.25, 0.3) is 0 Å². The maximum absolute atomic E-state index is 6.15. The van der Waals surface area contributed by atoms with Gasteiger partial charge in [0.05, 0.1) is 11.6 Å². The Morgan fingerprint density at radius 2 is 2.29 bits per heavy atom. The molecule has 2 aromatic rings. The highest BCUT2D eigenvalue weighted by atomic mass is 32.2. The second-order valence-corrected chi connectivity index (χ2v) is 8.00. The van der Waals surface area contributed by atoms with Crippen LogP contribution in [0.1, 0.15) is 13.8 Å². The molecule has 0 saturated carbocycles. The molecule has 2 heterocycles. The zero-order valence-electron chi connectivity index (χ0n) is 12.4. The van der Waals surface area contributed by atoms with Crippen LogP contribution in [0, 0.1) is 0 Å². The van der Waals surface area contributed by atoms with Gasteiger partial charge in [-0.3, -0.25) is 0 Å². The molecule has 0 bridgehead atoms. The Labute approximate surface area is 133 Å². The van der Waals surface area contributed by atoms with Gasteiger partial charge in [0.1, 0.15) is 11.3 Å². The lowest BCUT2D eigenvalue weighted by Gasteiger charge is -2.22. The van der Waals surface area contributed by atoms with Crippen LogP contribution >= 0.6 is 23.5 Å². The van der Waals surface area contributed by atoms with Gasteiger partial charge < -0.3 is 15.0 Å². The van der Waals surface area contributed by atoms with Gasteiger partial charge in [0, 0.05) is 29.1 Å². The first kappa shape index (κ1) is 14.9. The molecule has 1 atom stereocenters. The van der Waals surface area contributed by atoms with E-state index in [1.54, 1.807) is 0 Å². The second-order valence-electron chi connectivity index (χ2n) is 5.44. The average molecular weight is 323 g/mol. The van der Waals surface area contributed by atoms with E-state index in [1.807, 2.05) is 49.5 Å². The minimum atomic E-state index is 0.132. The number of nitrogens with zero attached hydrogens (tertiary/aromatic N) is 2. The van der Waals surface area contributed by atoms with E-state index < -0.39 is 0 Å².